The van der Waals surface area contributed by atoms with Gasteiger partial charge in [-0.1, -0.05) is 30.3 Å². The monoisotopic (exact) mass is 390 g/mol. The second kappa shape index (κ2) is 8.18. The molecule has 0 saturated heterocycles. The normalized spacial score (nSPS) is 12.8. The van der Waals surface area contributed by atoms with Crippen LogP contribution in [0.3, 0.4) is 0 Å². The van der Waals surface area contributed by atoms with E-state index < -0.39 is 0 Å². The van der Waals surface area contributed by atoms with Crippen molar-refractivity contribution in [3.05, 3.63) is 66.0 Å². The zero-order valence-electron chi connectivity index (χ0n) is 16.4. The fraction of sp³-hybridized carbons (Fsp3) is 0.227. The zero-order valence-corrected chi connectivity index (χ0v) is 16.4. The number of rotatable bonds is 4. The van der Waals surface area contributed by atoms with Crippen LogP contribution in [-0.2, 0) is 13.0 Å². The van der Waals surface area contributed by atoms with Gasteiger partial charge in [-0.15, -0.1) is 0 Å². The van der Waals surface area contributed by atoms with Crippen LogP contribution >= 0.6 is 0 Å². The molecule has 7 nitrogen and oxygen atoms in total. The minimum absolute atomic E-state index is 0.171. The number of urea groups is 1. The lowest BCUT2D eigenvalue weighted by Gasteiger charge is -2.28. The molecule has 29 heavy (non-hydrogen) atoms. The van der Waals surface area contributed by atoms with Gasteiger partial charge in [0.25, 0.3) is 0 Å². The lowest BCUT2D eigenvalue weighted by atomic mass is 10.1. The summed E-state index contributed by atoms with van der Waals surface area (Å²) in [4.78, 5) is 23.7. The van der Waals surface area contributed by atoms with Gasteiger partial charge in [-0.3, -0.25) is 0 Å². The highest BCUT2D eigenvalue weighted by Crippen LogP contribution is 2.30. The van der Waals surface area contributed by atoms with Crippen LogP contribution in [0.5, 0.6) is 11.5 Å². The molecule has 2 aromatic carbocycles. The van der Waals surface area contributed by atoms with Crippen LogP contribution in [0.4, 0.5) is 10.5 Å². The van der Waals surface area contributed by atoms with Gasteiger partial charge in [0, 0.05) is 42.0 Å². The Morgan fingerprint density at radius 3 is 2.62 bits per heavy atom. The van der Waals surface area contributed by atoms with E-state index in [0.29, 0.717) is 42.5 Å². The van der Waals surface area contributed by atoms with Gasteiger partial charge in [0.15, 0.2) is 17.3 Å². The number of carbonyl (C=O) groups is 1. The van der Waals surface area contributed by atoms with Gasteiger partial charge in [0.2, 0.25) is 0 Å². The van der Waals surface area contributed by atoms with E-state index in [4.69, 9.17) is 14.5 Å². The van der Waals surface area contributed by atoms with Crippen molar-refractivity contribution in [3.63, 3.8) is 0 Å². The summed E-state index contributed by atoms with van der Waals surface area (Å²) >= 11 is 0. The molecule has 1 N–H and O–H groups in total. The Bertz CT molecular complexity index is 1020. The molecule has 1 aliphatic heterocycles. The fourth-order valence-electron chi connectivity index (χ4n) is 3.33. The van der Waals surface area contributed by atoms with E-state index in [1.807, 2.05) is 36.5 Å². The predicted molar refractivity (Wildman–Crippen MR) is 110 cm³/mol. The molecule has 0 aliphatic carbocycles. The van der Waals surface area contributed by atoms with Gasteiger partial charge in [-0.05, 0) is 12.1 Å². The van der Waals surface area contributed by atoms with E-state index in [0.717, 1.165) is 16.8 Å². The van der Waals surface area contributed by atoms with Crippen molar-refractivity contribution in [2.24, 2.45) is 0 Å². The first-order valence-electron chi connectivity index (χ1n) is 9.36. The van der Waals surface area contributed by atoms with Crippen LogP contribution in [0.1, 0.15) is 11.3 Å². The molecule has 0 fully saturated rings. The molecular formula is C22H22N4O3. The molecule has 0 radical (unpaired) electrons. The standard InChI is InChI=1S/C22H22N4O3/c1-28-19-9-8-17(12-20(19)29-2)24-22(27)26-11-10-18-16(14-26)13-23-21(25-18)15-6-4-3-5-7-15/h3-9,12-13H,10-11,14H2,1-2H3,(H,24,27). The lowest BCUT2D eigenvalue weighted by molar-refractivity contribution is 0.206. The number of methoxy groups -OCH3 is 2. The molecule has 1 aromatic heterocycles. The van der Waals surface area contributed by atoms with Crippen molar-refractivity contribution in [1.82, 2.24) is 14.9 Å². The van der Waals surface area contributed by atoms with Gasteiger partial charge in [-0.25, -0.2) is 14.8 Å². The molecule has 3 aromatic rings. The van der Waals surface area contributed by atoms with Gasteiger partial charge < -0.3 is 19.7 Å². The molecule has 2 amide bonds. The van der Waals surface area contributed by atoms with Crippen molar-refractivity contribution in [2.75, 3.05) is 26.1 Å². The highest BCUT2D eigenvalue weighted by Gasteiger charge is 2.23. The number of nitrogens with zero attached hydrogens (tertiary/aromatic N) is 3. The van der Waals surface area contributed by atoms with Crippen molar-refractivity contribution < 1.29 is 14.3 Å². The number of hydrogen-bond acceptors (Lipinski definition) is 5. The Morgan fingerprint density at radius 1 is 1.07 bits per heavy atom. The molecule has 0 spiro atoms. The van der Waals surface area contributed by atoms with Gasteiger partial charge in [0.1, 0.15) is 0 Å². The summed E-state index contributed by atoms with van der Waals surface area (Å²) in [5, 5.41) is 2.92. The van der Waals surface area contributed by atoms with Crippen molar-refractivity contribution in [2.45, 2.75) is 13.0 Å². The van der Waals surface area contributed by atoms with E-state index in [1.165, 1.54) is 0 Å². The smallest absolute Gasteiger partial charge is 0.322 e. The Morgan fingerprint density at radius 2 is 1.86 bits per heavy atom. The number of fused-ring (bicyclic) bond motifs is 1. The highest BCUT2D eigenvalue weighted by atomic mass is 16.5. The third kappa shape index (κ3) is 3.99. The summed E-state index contributed by atoms with van der Waals surface area (Å²) in [6.07, 6.45) is 2.51. The lowest BCUT2D eigenvalue weighted by Crippen LogP contribution is -2.39. The Hall–Kier alpha value is -3.61. The largest absolute Gasteiger partial charge is 0.493 e. The number of nitrogens with one attached hydrogen (secondary N) is 1. The quantitative estimate of drug-likeness (QED) is 0.734. The van der Waals surface area contributed by atoms with Crippen LogP contribution in [0.2, 0.25) is 0 Å². The molecule has 0 unspecified atom stereocenters. The number of ether oxygens (including phenoxy) is 2. The summed E-state index contributed by atoms with van der Waals surface area (Å²) in [5.74, 6) is 1.90. The minimum atomic E-state index is -0.171. The Labute approximate surface area is 169 Å². The third-order valence-electron chi connectivity index (χ3n) is 4.89. The van der Waals surface area contributed by atoms with Gasteiger partial charge in [0.05, 0.1) is 26.5 Å². The SMILES string of the molecule is COc1ccc(NC(=O)N2CCc3nc(-c4ccccc4)ncc3C2)cc1OC. The third-order valence-corrected chi connectivity index (χ3v) is 4.89. The number of hydrogen-bond donors (Lipinski definition) is 1. The van der Waals surface area contributed by atoms with Crippen LogP contribution in [0, 0.1) is 0 Å². The molecule has 0 bridgehead atoms. The van der Waals surface area contributed by atoms with Crippen molar-refractivity contribution >= 4 is 11.7 Å². The van der Waals surface area contributed by atoms with Crippen LogP contribution < -0.4 is 14.8 Å². The maximum absolute atomic E-state index is 12.7. The highest BCUT2D eigenvalue weighted by molar-refractivity contribution is 5.89. The summed E-state index contributed by atoms with van der Waals surface area (Å²) in [7, 11) is 3.14. The molecule has 1 aliphatic rings. The number of anilines is 1. The maximum Gasteiger partial charge on any atom is 0.322 e. The van der Waals surface area contributed by atoms with E-state index in [9.17, 15) is 4.79 Å². The minimum Gasteiger partial charge on any atom is -0.493 e. The maximum atomic E-state index is 12.7. The molecule has 4 rings (SSSR count). The number of aromatic nitrogens is 2. The van der Waals surface area contributed by atoms with Crippen LogP contribution in [0.15, 0.2) is 54.7 Å². The second-order valence-electron chi connectivity index (χ2n) is 6.70. The average Bonchev–Trinajstić information content (AvgIpc) is 2.78. The van der Waals surface area contributed by atoms with E-state index >= 15 is 0 Å². The summed E-state index contributed by atoms with van der Waals surface area (Å²) in [6.45, 7) is 1.07. The second-order valence-corrected chi connectivity index (χ2v) is 6.70. The number of carbonyl (C=O) groups excluding carboxylic acids is 1. The molecule has 0 saturated carbocycles. The molecule has 2 heterocycles. The van der Waals surface area contributed by atoms with Crippen molar-refractivity contribution in [3.8, 4) is 22.9 Å². The molecule has 7 heteroatoms. The summed E-state index contributed by atoms with van der Waals surface area (Å²) in [5.41, 5.74) is 3.60. The predicted octanol–water partition coefficient (Wildman–Crippen LogP) is 3.75. The van der Waals surface area contributed by atoms with Crippen molar-refractivity contribution in [1.29, 1.82) is 0 Å². The first-order valence-corrected chi connectivity index (χ1v) is 9.36. The number of amides is 2. The topological polar surface area (TPSA) is 76.6 Å². The first-order chi connectivity index (χ1) is 14.2. The zero-order chi connectivity index (χ0) is 20.2. The first kappa shape index (κ1) is 18.7. The Balaban J connectivity index is 1.46. The molecule has 0 atom stereocenters. The molecular weight excluding hydrogens is 368 g/mol. The summed E-state index contributed by atoms with van der Waals surface area (Å²) < 4.78 is 10.5. The van der Waals surface area contributed by atoms with E-state index in [2.05, 4.69) is 10.3 Å². The summed E-state index contributed by atoms with van der Waals surface area (Å²) in [6, 6.07) is 15.0. The fourth-order valence-corrected chi connectivity index (χ4v) is 3.33. The van der Waals surface area contributed by atoms with Gasteiger partial charge in [-0.2, -0.15) is 0 Å². The van der Waals surface area contributed by atoms with Crippen LogP contribution in [-0.4, -0.2) is 41.7 Å². The molecule has 148 valence electrons. The Kier molecular flexibility index (Phi) is 5.29. The average molecular weight is 390 g/mol. The van der Waals surface area contributed by atoms with E-state index in [-0.39, 0.29) is 6.03 Å². The number of benzene rings is 2. The van der Waals surface area contributed by atoms with Crippen LogP contribution in [0.25, 0.3) is 11.4 Å². The van der Waals surface area contributed by atoms with Gasteiger partial charge >= 0.3 is 6.03 Å². The van der Waals surface area contributed by atoms with E-state index in [1.54, 1.807) is 37.3 Å².